The van der Waals surface area contributed by atoms with Gasteiger partial charge in [-0.15, -0.1) is 24.0 Å². The largest absolute Gasteiger partial charge is 0.377 e. The highest BCUT2D eigenvalue weighted by molar-refractivity contribution is 14.0. The van der Waals surface area contributed by atoms with Gasteiger partial charge < -0.3 is 15.4 Å². The van der Waals surface area contributed by atoms with Crippen LogP contribution in [0.5, 0.6) is 0 Å². The van der Waals surface area contributed by atoms with Gasteiger partial charge in [-0.25, -0.2) is 0 Å². The number of hydrogen-bond donors (Lipinski definition) is 2. The molecule has 1 aromatic carbocycles. The molecule has 3 fully saturated rings. The standard InChI is InChI=1S/C21H31N3O.HI/c1-4-22-20(23-15(3)16-9-6-5-8-14(16)2)24-18-17-10-13-25-19(17)21(18)11-7-12-21;/h5-6,8-9,15,17-19H,4,7,10-13H2,1-3H3,(H2,22,23,24);1H. The minimum Gasteiger partial charge on any atom is -0.377 e. The maximum absolute atomic E-state index is 6.05. The molecule has 2 aliphatic carbocycles. The fourth-order valence-electron chi connectivity index (χ4n) is 5.25. The third-order valence-corrected chi connectivity index (χ3v) is 6.65. The Kier molecular flexibility index (Phi) is 6.17. The van der Waals surface area contributed by atoms with Gasteiger partial charge in [0.2, 0.25) is 0 Å². The molecule has 4 atom stereocenters. The highest BCUT2D eigenvalue weighted by Crippen LogP contribution is 2.62. The van der Waals surface area contributed by atoms with Gasteiger partial charge in [0, 0.05) is 30.5 Å². The topological polar surface area (TPSA) is 45.7 Å². The van der Waals surface area contributed by atoms with Gasteiger partial charge >= 0.3 is 0 Å². The first kappa shape index (κ1) is 19.9. The molecular weight excluding hydrogens is 437 g/mol. The zero-order valence-electron chi connectivity index (χ0n) is 16.1. The molecule has 4 rings (SSSR count). The van der Waals surface area contributed by atoms with Crippen LogP contribution in [0.15, 0.2) is 29.3 Å². The molecule has 2 N–H and O–H groups in total. The monoisotopic (exact) mass is 469 g/mol. The van der Waals surface area contributed by atoms with Crippen LogP contribution >= 0.6 is 24.0 Å². The maximum atomic E-state index is 6.05. The van der Waals surface area contributed by atoms with Crippen molar-refractivity contribution in [2.24, 2.45) is 16.3 Å². The summed E-state index contributed by atoms with van der Waals surface area (Å²) in [5, 5.41) is 7.44. The van der Waals surface area contributed by atoms with Crippen molar-refractivity contribution in [1.29, 1.82) is 0 Å². The molecule has 0 amide bonds. The number of fused-ring (bicyclic) bond motifs is 2. The molecule has 1 saturated heterocycles. The fraction of sp³-hybridized carbons (Fsp3) is 0.667. The molecule has 1 aliphatic heterocycles. The van der Waals surface area contributed by atoms with Gasteiger partial charge in [0.05, 0.1) is 12.1 Å². The Morgan fingerprint density at radius 2 is 2.12 bits per heavy atom. The van der Waals surface area contributed by atoms with E-state index in [1.807, 2.05) is 0 Å². The van der Waals surface area contributed by atoms with Crippen LogP contribution < -0.4 is 10.6 Å². The van der Waals surface area contributed by atoms with E-state index in [0.717, 1.165) is 19.1 Å². The molecule has 1 spiro atoms. The lowest BCUT2D eigenvalue weighted by atomic mass is 9.46. The Hall–Kier alpha value is -0.820. The van der Waals surface area contributed by atoms with Crippen LogP contribution in [0.2, 0.25) is 0 Å². The second kappa shape index (κ2) is 8.05. The first-order valence-corrected chi connectivity index (χ1v) is 9.90. The van der Waals surface area contributed by atoms with Crippen LogP contribution in [0.3, 0.4) is 0 Å². The zero-order chi connectivity index (χ0) is 17.4. The quantitative estimate of drug-likeness (QED) is 0.395. The summed E-state index contributed by atoms with van der Waals surface area (Å²) in [6.45, 7) is 8.22. The van der Waals surface area contributed by atoms with E-state index in [1.54, 1.807) is 0 Å². The second-order valence-corrected chi connectivity index (χ2v) is 8.00. The minimum atomic E-state index is 0. The molecule has 144 valence electrons. The Bertz CT molecular complexity index is 658. The van der Waals surface area contributed by atoms with Gasteiger partial charge in [-0.2, -0.15) is 0 Å². The number of ether oxygens (including phenoxy) is 1. The minimum absolute atomic E-state index is 0. The van der Waals surface area contributed by atoms with Crippen LogP contribution in [0.1, 0.15) is 56.7 Å². The summed E-state index contributed by atoms with van der Waals surface area (Å²) in [6.07, 6.45) is 5.64. The molecule has 0 bridgehead atoms. The molecule has 3 aliphatic rings. The summed E-state index contributed by atoms with van der Waals surface area (Å²) < 4.78 is 6.05. The van der Waals surface area contributed by atoms with Gasteiger partial charge in [-0.05, 0) is 51.2 Å². The summed E-state index contributed by atoms with van der Waals surface area (Å²) >= 11 is 0. The van der Waals surface area contributed by atoms with Gasteiger partial charge in [0.1, 0.15) is 0 Å². The third-order valence-electron chi connectivity index (χ3n) is 6.65. The summed E-state index contributed by atoms with van der Waals surface area (Å²) in [7, 11) is 0. The lowest BCUT2D eigenvalue weighted by Crippen LogP contribution is -2.72. The van der Waals surface area contributed by atoms with Crippen LogP contribution in [0, 0.1) is 18.3 Å². The summed E-state index contributed by atoms with van der Waals surface area (Å²) in [4.78, 5) is 4.73. The molecule has 0 radical (unpaired) electrons. The van der Waals surface area contributed by atoms with E-state index in [2.05, 4.69) is 55.7 Å². The van der Waals surface area contributed by atoms with E-state index in [-0.39, 0.29) is 30.0 Å². The Morgan fingerprint density at radius 3 is 2.77 bits per heavy atom. The number of rotatable bonds is 4. The molecule has 26 heavy (non-hydrogen) atoms. The van der Waals surface area contributed by atoms with Crippen LogP contribution in [-0.2, 0) is 4.74 Å². The van der Waals surface area contributed by atoms with Crippen LogP contribution in [-0.4, -0.2) is 31.3 Å². The van der Waals surface area contributed by atoms with E-state index in [0.29, 0.717) is 23.5 Å². The normalized spacial score (nSPS) is 29.8. The van der Waals surface area contributed by atoms with E-state index >= 15 is 0 Å². The maximum Gasteiger partial charge on any atom is 0.191 e. The third kappa shape index (κ3) is 3.26. The number of nitrogens with one attached hydrogen (secondary N) is 2. The first-order chi connectivity index (χ1) is 12.2. The number of guanidine groups is 1. The number of hydrogen-bond acceptors (Lipinski definition) is 2. The van der Waals surface area contributed by atoms with Crippen molar-refractivity contribution in [1.82, 2.24) is 10.6 Å². The van der Waals surface area contributed by atoms with Crippen LogP contribution in [0.4, 0.5) is 0 Å². The summed E-state index contributed by atoms with van der Waals surface area (Å²) in [5.74, 6) is 1.62. The SMILES string of the molecule is CCN=C(NC(C)c1ccccc1C)NC1C2CCOC2C12CCC2.I. The predicted octanol–water partition coefficient (Wildman–Crippen LogP) is 4.19. The molecule has 1 aromatic rings. The number of aliphatic imine (C=N–C) groups is 1. The highest BCUT2D eigenvalue weighted by Gasteiger charge is 2.66. The number of aryl methyl sites for hydroxylation is 1. The fourth-order valence-corrected chi connectivity index (χ4v) is 5.25. The van der Waals surface area contributed by atoms with Crippen molar-refractivity contribution in [2.45, 2.75) is 64.6 Å². The first-order valence-electron chi connectivity index (χ1n) is 9.90. The summed E-state index contributed by atoms with van der Waals surface area (Å²) in [6, 6.07) is 9.35. The van der Waals surface area contributed by atoms with Crippen molar-refractivity contribution >= 4 is 29.9 Å². The number of halogens is 1. The van der Waals surface area contributed by atoms with Crippen molar-refractivity contribution in [3.63, 3.8) is 0 Å². The zero-order valence-corrected chi connectivity index (χ0v) is 18.5. The van der Waals surface area contributed by atoms with Gasteiger partial charge in [0.15, 0.2) is 5.96 Å². The van der Waals surface area contributed by atoms with Crippen molar-refractivity contribution in [2.75, 3.05) is 13.2 Å². The molecule has 5 heteroatoms. The van der Waals surface area contributed by atoms with Gasteiger partial charge in [-0.1, -0.05) is 30.7 Å². The van der Waals surface area contributed by atoms with Crippen molar-refractivity contribution < 1.29 is 4.74 Å². The van der Waals surface area contributed by atoms with E-state index in [9.17, 15) is 0 Å². The lowest BCUT2D eigenvalue weighted by molar-refractivity contribution is -0.171. The number of benzene rings is 1. The van der Waals surface area contributed by atoms with Gasteiger partial charge in [-0.3, -0.25) is 4.99 Å². The molecule has 1 heterocycles. The Labute approximate surface area is 174 Å². The van der Waals surface area contributed by atoms with Crippen molar-refractivity contribution in [3.05, 3.63) is 35.4 Å². The number of nitrogens with zero attached hydrogens (tertiary/aromatic N) is 1. The lowest BCUT2D eigenvalue weighted by Gasteiger charge is -2.63. The van der Waals surface area contributed by atoms with E-state index in [4.69, 9.17) is 9.73 Å². The molecule has 2 saturated carbocycles. The average molecular weight is 469 g/mol. The Balaban J connectivity index is 0.00000196. The van der Waals surface area contributed by atoms with Gasteiger partial charge in [0.25, 0.3) is 0 Å². The average Bonchev–Trinajstić information content (AvgIpc) is 2.96. The molecular formula is C21H32IN3O. The molecule has 4 unspecified atom stereocenters. The Morgan fingerprint density at radius 1 is 1.35 bits per heavy atom. The molecule has 0 aromatic heterocycles. The molecule has 4 nitrogen and oxygen atoms in total. The second-order valence-electron chi connectivity index (χ2n) is 8.00. The summed E-state index contributed by atoms with van der Waals surface area (Å²) in [5.41, 5.74) is 3.03. The highest BCUT2D eigenvalue weighted by atomic mass is 127. The van der Waals surface area contributed by atoms with E-state index < -0.39 is 0 Å². The van der Waals surface area contributed by atoms with E-state index in [1.165, 1.54) is 36.8 Å². The smallest absolute Gasteiger partial charge is 0.191 e. The predicted molar refractivity (Wildman–Crippen MR) is 117 cm³/mol. The van der Waals surface area contributed by atoms with Crippen LogP contribution in [0.25, 0.3) is 0 Å². The van der Waals surface area contributed by atoms with Crippen molar-refractivity contribution in [3.8, 4) is 0 Å².